The van der Waals surface area contributed by atoms with Crippen molar-refractivity contribution in [1.29, 1.82) is 0 Å². The van der Waals surface area contributed by atoms with Gasteiger partial charge in [-0.05, 0) is 24.9 Å². The van der Waals surface area contributed by atoms with E-state index in [4.69, 9.17) is 4.74 Å². The van der Waals surface area contributed by atoms with Crippen molar-refractivity contribution in [2.75, 3.05) is 45.9 Å². The lowest BCUT2D eigenvalue weighted by atomic mass is 9.78. The molecule has 168 valence electrons. The fourth-order valence-electron chi connectivity index (χ4n) is 4.58. The minimum Gasteiger partial charge on any atom is -0.379 e. The summed E-state index contributed by atoms with van der Waals surface area (Å²) in [6, 6.07) is 2.48. The highest BCUT2D eigenvalue weighted by Crippen LogP contribution is 2.39. The monoisotopic (exact) mass is 437 g/mol. The van der Waals surface area contributed by atoms with Crippen molar-refractivity contribution in [1.82, 2.24) is 25.5 Å². The molecule has 7 nitrogen and oxygen atoms in total. The highest BCUT2D eigenvalue weighted by molar-refractivity contribution is 5.85. The van der Waals surface area contributed by atoms with Crippen LogP contribution in [0.3, 0.4) is 0 Å². The van der Waals surface area contributed by atoms with Gasteiger partial charge in [-0.3, -0.25) is 19.7 Å². The molecule has 2 aliphatic heterocycles. The number of carbonyl (C=O) groups is 1. The molecule has 3 heterocycles. The molecule has 1 aromatic carbocycles. The summed E-state index contributed by atoms with van der Waals surface area (Å²) in [5, 5.41) is 6.47. The zero-order chi connectivity index (χ0) is 22.1. The average molecular weight is 437 g/mol. The predicted octanol–water partition coefficient (Wildman–Crippen LogP) is 1.92. The van der Waals surface area contributed by atoms with Crippen molar-refractivity contribution >= 4 is 16.9 Å². The van der Waals surface area contributed by atoms with E-state index in [0.29, 0.717) is 44.8 Å². The van der Waals surface area contributed by atoms with Crippen LogP contribution in [0.15, 0.2) is 24.5 Å². The summed E-state index contributed by atoms with van der Waals surface area (Å²) in [7, 11) is 0. The number of hydrogen-bond acceptors (Lipinski definition) is 6. The molecule has 0 saturated carbocycles. The first-order chi connectivity index (χ1) is 14.8. The van der Waals surface area contributed by atoms with E-state index in [9.17, 15) is 18.0 Å². The summed E-state index contributed by atoms with van der Waals surface area (Å²) in [4.78, 5) is 23.2. The Labute approximate surface area is 178 Å². The summed E-state index contributed by atoms with van der Waals surface area (Å²) in [6.45, 7) is 5.94. The van der Waals surface area contributed by atoms with Crippen LogP contribution in [0.5, 0.6) is 0 Å². The van der Waals surface area contributed by atoms with Gasteiger partial charge in [0.25, 0.3) is 0 Å². The van der Waals surface area contributed by atoms with Crippen LogP contribution in [0.1, 0.15) is 24.5 Å². The topological polar surface area (TPSA) is 79.4 Å². The normalized spacial score (nSPS) is 25.5. The number of aromatic nitrogens is 2. The van der Waals surface area contributed by atoms with Gasteiger partial charge in [-0.25, -0.2) is 0 Å². The van der Waals surface area contributed by atoms with E-state index in [1.54, 1.807) is 0 Å². The molecule has 2 saturated heterocycles. The number of fused-ring (bicyclic) bond motifs is 1. The highest BCUT2D eigenvalue weighted by Gasteiger charge is 2.42. The van der Waals surface area contributed by atoms with Gasteiger partial charge in [0, 0.05) is 37.6 Å². The lowest BCUT2D eigenvalue weighted by Gasteiger charge is -2.42. The number of benzene rings is 1. The Morgan fingerprint density at radius 2 is 1.97 bits per heavy atom. The lowest BCUT2D eigenvalue weighted by Crippen LogP contribution is -2.59. The maximum Gasteiger partial charge on any atom is 0.418 e. The number of amides is 1. The van der Waals surface area contributed by atoms with Gasteiger partial charge >= 0.3 is 6.18 Å². The van der Waals surface area contributed by atoms with Crippen LogP contribution in [-0.2, 0) is 21.2 Å². The van der Waals surface area contributed by atoms with E-state index < -0.39 is 17.3 Å². The van der Waals surface area contributed by atoms with Gasteiger partial charge in [-0.15, -0.1) is 0 Å². The van der Waals surface area contributed by atoms with Gasteiger partial charge in [0.2, 0.25) is 5.91 Å². The van der Waals surface area contributed by atoms with Crippen LogP contribution in [0, 0.1) is 5.92 Å². The maximum absolute atomic E-state index is 13.6. The molecule has 10 heteroatoms. The SMILES string of the molecule is C[C@@H]1CNC[C@](NC(=O)CN2CCOCC2)(c2ccc(C(F)(F)F)c3nccnc23)C1. The van der Waals surface area contributed by atoms with E-state index in [2.05, 4.69) is 20.6 Å². The minimum atomic E-state index is -4.54. The second kappa shape index (κ2) is 8.68. The molecule has 0 spiro atoms. The third kappa shape index (κ3) is 4.65. The number of ether oxygens (including phenoxy) is 1. The Kier molecular flexibility index (Phi) is 6.14. The molecule has 2 aliphatic rings. The van der Waals surface area contributed by atoms with Crippen LogP contribution in [0.2, 0.25) is 0 Å². The van der Waals surface area contributed by atoms with Gasteiger partial charge in [0.1, 0.15) is 5.52 Å². The lowest BCUT2D eigenvalue weighted by molar-refractivity contribution is -0.136. The van der Waals surface area contributed by atoms with E-state index in [1.807, 2.05) is 11.8 Å². The number of rotatable bonds is 4. The highest BCUT2D eigenvalue weighted by atomic mass is 19.4. The van der Waals surface area contributed by atoms with Gasteiger partial charge < -0.3 is 15.4 Å². The van der Waals surface area contributed by atoms with Crippen LogP contribution in [0.25, 0.3) is 11.0 Å². The third-order valence-corrected chi connectivity index (χ3v) is 5.91. The van der Waals surface area contributed by atoms with Crippen molar-refractivity contribution in [2.24, 2.45) is 5.92 Å². The van der Waals surface area contributed by atoms with E-state index in [1.165, 1.54) is 18.5 Å². The molecule has 0 unspecified atom stereocenters. The number of halogens is 3. The molecular weight excluding hydrogens is 411 g/mol. The molecule has 4 rings (SSSR count). The zero-order valence-corrected chi connectivity index (χ0v) is 17.3. The standard InChI is InChI=1S/C21H26F3N5O2/c1-14-10-20(13-25-11-14,28-17(30)12-29-6-8-31-9-7-29)15-2-3-16(21(22,23)24)19-18(15)26-4-5-27-19/h2-5,14,25H,6-13H2,1H3,(H,28,30)/t14-,20-/m0/s1. The van der Waals surface area contributed by atoms with Crippen LogP contribution in [-0.4, -0.2) is 66.7 Å². The van der Waals surface area contributed by atoms with Crippen molar-refractivity contribution in [3.8, 4) is 0 Å². The number of piperidine rings is 1. The summed E-state index contributed by atoms with van der Waals surface area (Å²) < 4.78 is 46.0. The van der Waals surface area contributed by atoms with E-state index in [0.717, 1.165) is 12.6 Å². The molecule has 2 N–H and O–H groups in total. The van der Waals surface area contributed by atoms with Gasteiger partial charge in [-0.2, -0.15) is 13.2 Å². The zero-order valence-electron chi connectivity index (χ0n) is 17.3. The molecule has 1 amide bonds. The molecular formula is C21H26F3N5O2. The molecule has 31 heavy (non-hydrogen) atoms. The first-order valence-corrected chi connectivity index (χ1v) is 10.4. The summed E-state index contributed by atoms with van der Waals surface area (Å²) >= 11 is 0. The fourth-order valence-corrected chi connectivity index (χ4v) is 4.58. The molecule has 1 aromatic heterocycles. The van der Waals surface area contributed by atoms with Crippen LogP contribution >= 0.6 is 0 Å². The van der Waals surface area contributed by atoms with Crippen LogP contribution < -0.4 is 10.6 Å². The first kappa shape index (κ1) is 21.9. The van der Waals surface area contributed by atoms with E-state index >= 15 is 0 Å². The van der Waals surface area contributed by atoms with Gasteiger partial charge in [0.05, 0.1) is 36.4 Å². The molecule has 2 atom stereocenters. The Bertz CT molecular complexity index is 948. The predicted molar refractivity (Wildman–Crippen MR) is 108 cm³/mol. The maximum atomic E-state index is 13.6. The quantitative estimate of drug-likeness (QED) is 0.761. The van der Waals surface area contributed by atoms with Crippen molar-refractivity contribution in [3.05, 3.63) is 35.7 Å². The molecule has 2 aromatic rings. The number of morpholine rings is 1. The van der Waals surface area contributed by atoms with E-state index in [-0.39, 0.29) is 29.4 Å². The van der Waals surface area contributed by atoms with Crippen LogP contribution in [0.4, 0.5) is 13.2 Å². The second-order valence-corrected chi connectivity index (χ2v) is 8.37. The molecule has 0 aliphatic carbocycles. The Hall–Kier alpha value is -2.30. The van der Waals surface area contributed by atoms with Crippen molar-refractivity contribution < 1.29 is 22.7 Å². The largest absolute Gasteiger partial charge is 0.418 e. The van der Waals surface area contributed by atoms with Gasteiger partial charge in [0.15, 0.2) is 0 Å². The average Bonchev–Trinajstić information content (AvgIpc) is 2.72. The Morgan fingerprint density at radius 1 is 1.26 bits per heavy atom. The Morgan fingerprint density at radius 3 is 2.65 bits per heavy atom. The number of carbonyl (C=O) groups excluding carboxylic acids is 1. The molecule has 2 fully saturated rings. The second-order valence-electron chi connectivity index (χ2n) is 8.37. The Balaban J connectivity index is 1.73. The fraction of sp³-hybridized carbons (Fsp3) is 0.571. The number of hydrogen-bond donors (Lipinski definition) is 2. The smallest absolute Gasteiger partial charge is 0.379 e. The number of nitrogens with one attached hydrogen (secondary N) is 2. The van der Waals surface area contributed by atoms with Gasteiger partial charge in [-0.1, -0.05) is 13.0 Å². The summed E-state index contributed by atoms with van der Waals surface area (Å²) in [5.41, 5.74) is -1.18. The minimum absolute atomic E-state index is 0.167. The number of nitrogens with zero attached hydrogens (tertiary/aromatic N) is 3. The summed E-state index contributed by atoms with van der Waals surface area (Å²) in [6.07, 6.45) is -1.31. The molecule has 0 bridgehead atoms. The number of alkyl halides is 3. The summed E-state index contributed by atoms with van der Waals surface area (Å²) in [5.74, 6) is 0.0428. The third-order valence-electron chi connectivity index (χ3n) is 5.91. The van der Waals surface area contributed by atoms with Crippen molar-refractivity contribution in [2.45, 2.75) is 25.1 Å². The first-order valence-electron chi connectivity index (χ1n) is 10.4. The molecule has 0 radical (unpaired) electrons. The van der Waals surface area contributed by atoms with Crippen molar-refractivity contribution in [3.63, 3.8) is 0 Å².